The first-order valence-corrected chi connectivity index (χ1v) is 10.7. The predicted molar refractivity (Wildman–Crippen MR) is 123 cm³/mol. The molecule has 8 nitrogen and oxygen atoms in total. The predicted octanol–water partition coefficient (Wildman–Crippen LogP) is 3.78. The second-order valence-electron chi connectivity index (χ2n) is 7.74. The van der Waals surface area contributed by atoms with E-state index in [2.05, 4.69) is 35.4 Å². The summed E-state index contributed by atoms with van der Waals surface area (Å²) in [6.45, 7) is 1.45. The van der Waals surface area contributed by atoms with Crippen LogP contribution in [0, 0.1) is 5.92 Å². The van der Waals surface area contributed by atoms with E-state index in [1.54, 1.807) is 18.5 Å². The number of piperidine rings is 1. The molecule has 0 saturated carbocycles. The van der Waals surface area contributed by atoms with E-state index in [0.717, 1.165) is 30.5 Å². The van der Waals surface area contributed by atoms with E-state index in [4.69, 9.17) is 0 Å². The molecule has 1 aliphatic heterocycles. The van der Waals surface area contributed by atoms with Gasteiger partial charge in [-0.3, -0.25) is 9.89 Å². The van der Waals surface area contributed by atoms with Crippen LogP contribution in [0.4, 0.5) is 11.6 Å². The number of rotatable bonds is 5. The topological polar surface area (TPSA) is 99.7 Å². The molecule has 4 aromatic rings. The van der Waals surface area contributed by atoms with Gasteiger partial charge in [0.15, 0.2) is 11.6 Å². The number of anilines is 2. The van der Waals surface area contributed by atoms with Crippen LogP contribution in [-0.4, -0.2) is 44.1 Å². The standard InChI is InChI=1S/C24H23N7O/c32-23(18-10-6-15-31(16-18)24-25-13-7-14-26-24)27-20-12-5-4-11-19(20)22-28-21(29-30-22)17-8-2-1-3-9-17/h1-5,7-9,11-14,18H,6,10,15-16H2,(H,27,32)(H,28,29,30). The van der Waals surface area contributed by atoms with E-state index in [1.165, 1.54) is 0 Å². The van der Waals surface area contributed by atoms with Crippen LogP contribution in [0.5, 0.6) is 0 Å². The van der Waals surface area contributed by atoms with Crippen LogP contribution in [-0.2, 0) is 4.79 Å². The lowest BCUT2D eigenvalue weighted by atomic mass is 9.97. The molecule has 1 atom stereocenters. The molecule has 1 fully saturated rings. The van der Waals surface area contributed by atoms with Crippen molar-refractivity contribution in [1.29, 1.82) is 0 Å². The van der Waals surface area contributed by atoms with E-state index >= 15 is 0 Å². The lowest BCUT2D eigenvalue weighted by molar-refractivity contribution is -0.120. The molecule has 3 heterocycles. The monoisotopic (exact) mass is 425 g/mol. The summed E-state index contributed by atoms with van der Waals surface area (Å²) < 4.78 is 0. The number of benzene rings is 2. The third-order valence-corrected chi connectivity index (χ3v) is 5.58. The van der Waals surface area contributed by atoms with Gasteiger partial charge in [-0.2, -0.15) is 5.10 Å². The Kier molecular flexibility index (Phi) is 5.57. The van der Waals surface area contributed by atoms with E-state index in [9.17, 15) is 4.79 Å². The Hall–Kier alpha value is -4.07. The van der Waals surface area contributed by atoms with Gasteiger partial charge in [0, 0.05) is 36.6 Å². The van der Waals surface area contributed by atoms with Crippen LogP contribution in [0.15, 0.2) is 73.1 Å². The van der Waals surface area contributed by atoms with E-state index in [0.29, 0.717) is 29.8 Å². The summed E-state index contributed by atoms with van der Waals surface area (Å²) in [6.07, 6.45) is 5.20. The Morgan fingerprint density at radius 3 is 2.62 bits per heavy atom. The summed E-state index contributed by atoms with van der Waals surface area (Å²) >= 11 is 0. The van der Waals surface area contributed by atoms with Crippen molar-refractivity contribution in [1.82, 2.24) is 25.1 Å². The Bertz CT molecular complexity index is 1190. The van der Waals surface area contributed by atoms with Gasteiger partial charge >= 0.3 is 0 Å². The highest BCUT2D eigenvalue weighted by Crippen LogP contribution is 2.28. The number of nitrogens with zero attached hydrogens (tertiary/aromatic N) is 5. The minimum Gasteiger partial charge on any atom is -0.340 e. The minimum absolute atomic E-state index is 0.0131. The fourth-order valence-corrected chi connectivity index (χ4v) is 3.96. The number of para-hydroxylation sites is 1. The molecule has 1 unspecified atom stereocenters. The summed E-state index contributed by atoms with van der Waals surface area (Å²) in [5.74, 6) is 1.74. The van der Waals surface area contributed by atoms with Gasteiger partial charge < -0.3 is 10.2 Å². The average molecular weight is 425 g/mol. The van der Waals surface area contributed by atoms with Gasteiger partial charge in [-0.05, 0) is 31.0 Å². The molecule has 5 rings (SSSR count). The molecule has 32 heavy (non-hydrogen) atoms. The van der Waals surface area contributed by atoms with Crippen molar-refractivity contribution in [2.24, 2.45) is 5.92 Å². The fourth-order valence-electron chi connectivity index (χ4n) is 3.96. The van der Waals surface area contributed by atoms with Crippen LogP contribution in [0.25, 0.3) is 22.8 Å². The molecule has 160 valence electrons. The molecule has 1 saturated heterocycles. The molecule has 0 radical (unpaired) electrons. The van der Waals surface area contributed by atoms with Crippen LogP contribution in [0.1, 0.15) is 12.8 Å². The normalized spacial score (nSPS) is 16.0. The summed E-state index contributed by atoms with van der Waals surface area (Å²) in [5, 5.41) is 10.5. The zero-order valence-corrected chi connectivity index (χ0v) is 17.5. The fraction of sp³-hybridized carbons (Fsp3) is 0.208. The molecule has 0 spiro atoms. The average Bonchev–Trinajstić information content (AvgIpc) is 3.36. The molecule has 1 aliphatic rings. The molecule has 0 bridgehead atoms. The van der Waals surface area contributed by atoms with Crippen molar-refractivity contribution in [3.63, 3.8) is 0 Å². The Labute approximate surface area is 185 Å². The maximum Gasteiger partial charge on any atom is 0.229 e. The highest BCUT2D eigenvalue weighted by Gasteiger charge is 2.27. The van der Waals surface area contributed by atoms with Gasteiger partial charge in [0.05, 0.1) is 11.6 Å². The van der Waals surface area contributed by atoms with Gasteiger partial charge in [-0.25, -0.2) is 15.0 Å². The summed E-state index contributed by atoms with van der Waals surface area (Å²) in [6, 6.07) is 19.2. The molecule has 0 aliphatic carbocycles. The summed E-state index contributed by atoms with van der Waals surface area (Å²) in [4.78, 5) is 28.5. The second-order valence-corrected chi connectivity index (χ2v) is 7.74. The lowest BCUT2D eigenvalue weighted by Gasteiger charge is -2.32. The SMILES string of the molecule is O=C(Nc1ccccc1-c1nc(-c2ccccc2)n[nH]1)C1CCCN(c2ncccn2)C1. The van der Waals surface area contributed by atoms with Crippen molar-refractivity contribution in [2.75, 3.05) is 23.3 Å². The first kappa shape index (κ1) is 19.9. The molecule has 1 amide bonds. The highest BCUT2D eigenvalue weighted by molar-refractivity contribution is 5.96. The summed E-state index contributed by atoms with van der Waals surface area (Å²) in [5.41, 5.74) is 2.44. The van der Waals surface area contributed by atoms with Crippen molar-refractivity contribution in [2.45, 2.75) is 12.8 Å². The Balaban J connectivity index is 1.33. The number of hydrogen-bond acceptors (Lipinski definition) is 6. The quantitative estimate of drug-likeness (QED) is 0.505. The van der Waals surface area contributed by atoms with Gasteiger partial charge in [0.25, 0.3) is 0 Å². The molecule has 8 heteroatoms. The molecular formula is C24H23N7O. The number of carbonyl (C=O) groups is 1. The van der Waals surface area contributed by atoms with E-state index < -0.39 is 0 Å². The number of aromatic nitrogens is 5. The van der Waals surface area contributed by atoms with E-state index in [1.807, 2.05) is 54.6 Å². The first-order chi connectivity index (χ1) is 15.8. The number of carbonyl (C=O) groups excluding carboxylic acids is 1. The maximum atomic E-state index is 13.1. The zero-order chi connectivity index (χ0) is 21.8. The minimum atomic E-state index is -0.143. The van der Waals surface area contributed by atoms with Gasteiger partial charge in [-0.1, -0.05) is 42.5 Å². The third kappa shape index (κ3) is 4.20. The lowest BCUT2D eigenvalue weighted by Crippen LogP contribution is -2.41. The largest absolute Gasteiger partial charge is 0.340 e. The first-order valence-electron chi connectivity index (χ1n) is 10.7. The van der Waals surface area contributed by atoms with Crippen molar-refractivity contribution in [3.05, 3.63) is 73.1 Å². The highest BCUT2D eigenvalue weighted by atomic mass is 16.1. The molecular weight excluding hydrogens is 402 g/mol. The Morgan fingerprint density at radius 2 is 1.78 bits per heavy atom. The molecule has 2 N–H and O–H groups in total. The van der Waals surface area contributed by atoms with Crippen molar-refractivity contribution < 1.29 is 4.79 Å². The molecule has 2 aromatic heterocycles. The maximum absolute atomic E-state index is 13.1. The number of H-pyrrole nitrogens is 1. The number of amides is 1. The summed E-state index contributed by atoms with van der Waals surface area (Å²) in [7, 11) is 0. The smallest absolute Gasteiger partial charge is 0.229 e. The second kappa shape index (κ2) is 8.97. The molecule has 2 aromatic carbocycles. The number of hydrogen-bond donors (Lipinski definition) is 2. The number of aromatic amines is 1. The van der Waals surface area contributed by atoms with Crippen molar-refractivity contribution in [3.8, 4) is 22.8 Å². The van der Waals surface area contributed by atoms with E-state index in [-0.39, 0.29) is 11.8 Å². The Morgan fingerprint density at radius 1 is 1.00 bits per heavy atom. The van der Waals surface area contributed by atoms with Crippen molar-refractivity contribution >= 4 is 17.5 Å². The van der Waals surface area contributed by atoms with Crippen LogP contribution in [0.2, 0.25) is 0 Å². The number of nitrogens with one attached hydrogen (secondary N) is 2. The van der Waals surface area contributed by atoms with Crippen LogP contribution < -0.4 is 10.2 Å². The third-order valence-electron chi connectivity index (χ3n) is 5.58. The van der Waals surface area contributed by atoms with Crippen LogP contribution >= 0.6 is 0 Å². The van der Waals surface area contributed by atoms with Gasteiger partial charge in [-0.15, -0.1) is 0 Å². The van der Waals surface area contributed by atoms with Gasteiger partial charge in [0.1, 0.15) is 0 Å². The van der Waals surface area contributed by atoms with Crippen LogP contribution in [0.3, 0.4) is 0 Å². The van der Waals surface area contributed by atoms with Gasteiger partial charge in [0.2, 0.25) is 11.9 Å². The zero-order valence-electron chi connectivity index (χ0n) is 17.5.